The molecule has 39 heavy (non-hydrogen) atoms. The fraction of sp³-hybridized carbons (Fsp3) is 0.515. The molecule has 210 valence electrons. The molecule has 2 saturated carbocycles. The number of fused-ring (bicyclic) bond motifs is 2. The van der Waals surface area contributed by atoms with Crippen LogP contribution in [0.5, 0.6) is 11.5 Å². The molecule has 0 spiro atoms. The molecule has 1 aromatic rings. The molecule has 0 saturated heterocycles. The number of carbonyl (C=O) groups excluding carboxylic acids is 2. The summed E-state index contributed by atoms with van der Waals surface area (Å²) in [4.78, 5) is 27.0. The predicted octanol–water partition coefficient (Wildman–Crippen LogP) is 6.82. The Hall–Kier alpha value is -3.28. The van der Waals surface area contributed by atoms with Crippen LogP contribution in [0.4, 0.5) is 0 Å². The van der Waals surface area contributed by atoms with Gasteiger partial charge in [-0.1, -0.05) is 38.2 Å². The third kappa shape index (κ3) is 6.66. The van der Waals surface area contributed by atoms with Crippen LogP contribution in [0.3, 0.4) is 0 Å². The quantitative estimate of drug-likeness (QED) is 0.225. The van der Waals surface area contributed by atoms with E-state index in [4.69, 9.17) is 9.47 Å². The van der Waals surface area contributed by atoms with Gasteiger partial charge in [0.2, 0.25) is 0 Å². The molecular weight excluding hydrogens is 490 g/mol. The number of phenols is 1. The smallest absolute Gasteiger partial charge is 0.256 e. The summed E-state index contributed by atoms with van der Waals surface area (Å²) in [5.41, 5.74) is 3.24. The number of hydrogen-bond acceptors (Lipinski definition) is 5. The summed E-state index contributed by atoms with van der Waals surface area (Å²) in [6.07, 6.45) is 13.4. The number of phenolic OH excluding ortho intramolecular Hbond substituents is 1. The van der Waals surface area contributed by atoms with E-state index in [1.165, 1.54) is 36.2 Å². The zero-order chi connectivity index (χ0) is 28.1. The van der Waals surface area contributed by atoms with Gasteiger partial charge in [-0.25, -0.2) is 0 Å². The first-order chi connectivity index (χ1) is 18.7. The molecule has 0 radical (unpaired) electrons. The highest BCUT2D eigenvalue weighted by atomic mass is 16.5. The van der Waals surface area contributed by atoms with E-state index in [0.717, 1.165) is 23.7 Å². The number of aromatic hydroxyl groups is 1. The topological polar surface area (TPSA) is 76.1 Å². The molecule has 0 aromatic heterocycles. The average molecular weight is 534 g/mol. The number of benzene rings is 1. The average Bonchev–Trinajstić information content (AvgIpc) is 2.94. The summed E-state index contributed by atoms with van der Waals surface area (Å²) in [6.45, 7) is 8.58. The Morgan fingerprint density at radius 2 is 1.69 bits per heavy atom. The Kier molecular flexibility index (Phi) is 9.36. The molecule has 2 amide bonds. The highest BCUT2D eigenvalue weighted by molar-refractivity contribution is 6.09. The van der Waals surface area contributed by atoms with Crippen molar-refractivity contribution in [2.24, 2.45) is 23.7 Å². The zero-order valence-electron chi connectivity index (χ0n) is 24.0. The van der Waals surface area contributed by atoms with Crippen molar-refractivity contribution >= 4 is 17.6 Å². The lowest BCUT2D eigenvalue weighted by atomic mass is 9.61. The maximum Gasteiger partial charge on any atom is 0.256 e. The monoisotopic (exact) mass is 533 g/mol. The second kappa shape index (κ2) is 12.7. The zero-order valence-corrected chi connectivity index (χ0v) is 24.0. The predicted molar refractivity (Wildman–Crippen MR) is 154 cm³/mol. The molecule has 4 rings (SSSR count). The Morgan fingerprint density at radius 1 is 1.00 bits per heavy atom. The van der Waals surface area contributed by atoms with E-state index in [0.29, 0.717) is 47.7 Å². The van der Waals surface area contributed by atoms with Gasteiger partial charge in [0, 0.05) is 29.3 Å². The maximum absolute atomic E-state index is 12.8. The summed E-state index contributed by atoms with van der Waals surface area (Å²) in [5, 5.41) is 10.6. The lowest BCUT2D eigenvalue weighted by Gasteiger charge is -2.44. The van der Waals surface area contributed by atoms with Gasteiger partial charge in [-0.15, -0.1) is 0 Å². The van der Waals surface area contributed by atoms with E-state index in [1.807, 2.05) is 6.07 Å². The number of rotatable bonds is 8. The van der Waals surface area contributed by atoms with E-state index < -0.39 is 0 Å². The van der Waals surface area contributed by atoms with Gasteiger partial charge in [0.15, 0.2) is 0 Å². The van der Waals surface area contributed by atoms with Crippen molar-refractivity contribution in [2.75, 3.05) is 20.3 Å². The molecular formula is C33H43NO5. The number of allylic oxidation sites excluding steroid dienone is 5. The van der Waals surface area contributed by atoms with Gasteiger partial charge in [0.05, 0.1) is 13.7 Å². The van der Waals surface area contributed by atoms with Crippen molar-refractivity contribution < 1.29 is 24.2 Å². The van der Waals surface area contributed by atoms with Gasteiger partial charge in [-0.2, -0.15) is 0 Å². The molecule has 2 bridgehead atoms. The number of methoxy groups -OCH3 is 1. The minimum absolute atomic E-state index is 0.121. The summed E-state index contributed by atoms with van der Waals surface area (Å²) in [6, 6.07) is 5.28. The summed E-state index contributed by atoms with van der Waals surface area (Å²) < 4.78 is 12.1. The molecule has 6 nitrogen and oxygen atoms in total. The Morgan fingerprint density at radius 3 is 2.33 bits per heavy atom. The lowest BCUT2D eigenvalue weighted by molar-refractivity contribution is -0.140. The molecule has 1 heterocycles. The fourth-order valence-corrected chi connectivity index (χ4v) is 6.69. The number of hydrogen-bond donors (Lipinski definition) is 1. The van der Waals surface area contributed by atoms with Crippen molar-refractivity contribution in [1.29, 1.82) is 0 Å². The standard InChI is InChI=1S/C33H43NO5/c1-6-25-16-24-14-21(2)15-26(17-24)30(25)31(38-5)27-18-28(35)20-29(19-27)39-13-9-12-34-32(36)22(3)10-7-8-11-23(4)33(34)37/h7-8,10-11,18-21,24-26,35H,6,9,12-17H2,1-5H3/b8-7-,22-10+,23-11+,31-30-. The fourth-order valence-electron chi connectivity index (χ4n) is 6.69. The van der Waals surface area contributed by atoms with Gasteiger partial charge < -0.3 is 14.6 Å². The van der Waals surface area contributed by atoms with E-state index in [-0.39, 0.29) is 24.1 Å². The van der Waals surface area contributed by atoms with Gasteiger partial charge >= 0.3 is 0 Å². The minimum atomic E-state index is -0.299. The van der Waals surface area contributed by atoms with Crippen molar-refractivity contribution in [1.82, 2.24) is 4.90 Å². The molecule has 2 fully saturated rings. The first-order valence-corrected chi connectivity index (χ1v) is 14.3. The van der Waals surface area contributed by atoms with Gasteiger partial charge in [-0.3, -0.25) is 14.5 Å². The Labute approximate surface area is 233 Å². The normalized spacial score (nSPS) is 30.2. The van der Waals surface area contributed by atoms with Crippen LogP contribution >= 0.6 is 0 Å². The third-order valence-corrected chi connectivity index (χ3v) is 8.41. The molecule has 1 aromatic carbocycles. The molecule has 4 atom stereocenters. The van der Waals surface area contributed by atoms with Crippen molar-refractivity contribution in [3.8, 4) is 11.5 Å². The van der Waals surface area contributed by atoms with Crippen LogP contribution in [0.15, 0.2) is 59.2 Å². The minimum Gasteiger partial charge on any atom is -0.508 e. The SMILES string of the molecule is CCC1CC2CC(C)CC(C2)/C1=C(\OC)c1cc(O)cc(OCCCN2C(=O)/C(C)=C/C=C\C=C(/C)C2=O)c1. The van der Waals surface area contributed by atoms with Crippen LogP contribution < -0.4 is 4.74 Å². The number of imide groups is 1. The molecule has 1 N–H and O–H groups in total. The van der Waals surface area contributed by atoms with Gasteiger partial charge in [0.1, 0.15) is 17.3 Å². The lowest BCUT2D eigenvalue weighted by Crippen LogP contribution is -2.39. The van der Waals surface area contributed by atoms with Gasteiger partial charge in [-0.05, 0) is 93.7 Å². The Balaban J connectivity index is 1.49. The first kappa shape index (κ1) is 28.7. The molecule has 1 aliphatic heterocycles. The molecule has 4 unspecified atom stereocenters. The maximum atomic E-state index is 12.8. The second-order valence-electron chi connectivity index (χ2n) is 11.5. The molecule has 3 aliphatic rings. The van der Waals surface area contributed by atoms with Crippen LogP contribution in [0.1, 0.15) is 71.8 Å². The van der Waals surface area contributed by atoms with E-state index >= 15 is 0 Å². The summed E-state index contributed by atoms with van der Waals surface area (Å²) in [7, 11) is 1.72. The Bertz CT molecular complexity index is 1170. The van der Waals surface area contributed by atoms with E-state index in [2.05, 4.69) is 13.8 Å². The molecule has 6 heteroatoms. The number of carbonyl (C=O) groups is 2. The number of amides is 2. The van der Waals surface area contributed by atoms with Crippen molar-refractivity contribution in [2.45, 2.75) is 66.2 Å². The van der Waals surface area contributed by atoms with Crippen LogP contribution in [0, 0.1) is 23.7 Å². The third-order valence-electron chi connectivity index (χ3n) is 8.41. The van der Waals surface area contributed by atoms with E-state index in [1.54, 1.807) is 57.4 Å². The first-order valence-electron chi connectivity index (χ1n) is 14.3. The summed E-state index contributed by atoms with van der Waals surface area (Å²) in [5.74, 6) is 3.44. The van der Waals surface area contributed by atoms with E-state index in [9.17, 15) is 14.7 Å². The van der Waals surface area contributed by atoms with Crippen LogP contribution in [0.2, 0.25) is 0 Å². The second-order valence-corrected chi connectivity index (χ2v) is 11.5. The van der Waals surface area contributed by atoms with Crippen molar-refractivity contribution in [3.63, 3.8) is 0 Å². The number of ether oxygens (including phenoxy) is 2. The van der Waals surface area contributed by atoms with Crippen molar-refractivity contribution in [3.05, 3.63) is 64.8 Å². The molecule has 2 aliphatic carbocycles. The van der Waals surface area contributed by atoms with Crippen LogP contribution in [0.25, 0.3) is 5.76 Å². The highest BCUT2D eigenvalue weighted by Crippen LogP contribution is 2.51. The van der Waals surface area contributed by atoms with Crippen LogP contribution in [-0.2, 0) is 14.3 Å². The van der Waals surface area contributed by atoms with Crippen LogP contribution in [-0.4, -0.2) is 42.1 Å². The van der Waals surface area contributed by atoms with Gasteiger partial charge in [0.25, 0.3) is 11.8 Å². The number of nitrogens with zero attached hydrogens (tertiary/aromatic N) is 1. The highest BCUT2D eigenvalue weighted by Gasteiger charge is 2.39. The summed E-state index contributed by atoms with van der Waals surface area (Å²) >= 11 is 0. The largest absolute Gasteiger partial charge is 0.508 e.